The van der Waals surface area contributed by atoms with E-state index in [0.29, 0.717) is 11.3 Å². The standard InChI is InChI=1S/C19H18BrF2NO3/c20-15-5-12(6-16(8-15)23-10-14-9-19(14,21)22)11-26-17-4-2-1-3-13(17)7-18(24)25/h1-6,8,14,23H,7,9-11H2,(H,24,25). The Morgan fingerprint density at radius 3 is 2.73 bits per heavy atom. The van der Waals surface area contributed by atoms with Gasteiger partial charge in [0.05, 0.1) is 6.42 Å². The predicted molar refractivity (Wildman–Crippen MR) is 97.8 cm³/mol. The lowest BCUT2D eigenvalue weighted by Gasteiger charge is -2.12. The van der Waals surface area contributed by atoms with Gasteiger partial charge >= 0.3 is 5.97 Å². The Labute approximate surface area is 158 Å². The number of hydrogen-bond acceptors (Lipinski definition) is 3. The first-order valence-corrected chi connectivity index (χ1v) is 8.96. The van der Waals surface area contributed by atoms with Gasteiger partial charge in [0.1, 0.15) is 12.4 Å². The van der Waals surface area contributed by atoms with Crippen molar-refractivity contribution in [2.45, 2.75) is 25.4 Å². The fraction of sp³-hybridized carbons (Fsp3) is 0.316. The average molecular weight is 426 g/mol. The van der Waals surface area contributed by atoms with E-state index in [9.17, 15) is 13.6 Å². The first kappa shape index (κ1) is 18.6. The summed E-state index contributed by atoms with van der Waals surface area (Å²) in [6, 6.07) is 12.5. The second-order valence-electron chi connectivity index (χ2n) is 6.36. The van der Waals surface area contributed by atoms with E-state index < -0.39 is 17.8 Å². The second-order valence-corrected chi connectivity index (χ2v) is 7.27. The lowest BCUT2D eigenvalue weighted by molar-refractivity contribution is -0.136. The summed E-state index contributed by atoms with van der Waals surface area (Å²) in [6.07, 6.45) is -0.179. The summed E-state index contributed by atoms with van der Waals surface area (Å²) in [7, 11) is 0. The molecule has 0 aliphatic heterocycles. The van der Waals surface area contributed by atoms with Crippen LogP contribution < -0.4 is 10.1 Å². The average Bonchev–Trinajstić information content (AvgIpc) is 3.18. The maximum absolute atomic E-state index is 13.0. The number of carboxylic acid groups (broad SMARTS) is 1. The first-order valence-electron chi connectivity index (χ1n) is 8.17. The Balaban J connectivity index is 1.64. The molecule has 2 aromatic carbocycles. The molecule has 0 spiro atoms. The molecular formula is C19H18BrF2NO3. The van der Waals surface area contributed by atoms with Crippen molar-refractivity contribution in [2.75, 3.05) is 11.9 Å². The highest BCUT2D eigenvalue weighted by Crippen LogP contribution is 2.48. The summed E-state index contributed by atoms with van der Waals surface area (Å²) < 4.78 is 32.5. The summed E-state index contributed by atoms with van der Waals surface area (Å²) in [5, 5.41) is 12.0. The van der Waals surface area contributed by atoms with Crippen molar-refractivity contribution in [1.82, 2.24) is 0 Å². The van der Waals surface area contributed by atoms with E-state index in [1.807, 2.05) is 18.2 Å². The Bertz CT molecular complexity index is 813. The van der Waals surface area contributed by atoms with Crippen molar-refractivity contribution in [2.24, 2.45) is 5.92 Å². The molecular weight excluding hydrogens is 408 g/mol. The van der Waals surface area contributed by atoms with Crippen LogP contribution in [0.3, 0.4) is 0 Å². The highest BCUT2D eigenvalue weighted by molar-refractivity contribution is 9.10. The lowest BCUT2D eigenvalue weighted by Crippen LogP contribution is -2.09. The number of rotatable bonds is 8. The number of carbonyl (C=O) groups is 1. The molecule has 0 heterocycles. The van der Waals surface area contributed by atoms with Crippen LogP contribution in [-0.2, 0) is 17.8 Å². The molecule has 2 N–H and O–H groups in total. The molecule has 2 aromatic rings. The quantitative estimate of drug-likeness (QED) is 0.642. The van der Waals surface area contributed by atoms with Gasteiger partial charge in [-0.15, -0.1) is 0 Å². The minimum absolute atomic E-state index is 0.0651. The number of benzene rings is 2. The normalized spacial score (nSPS) is 17.6. The smallest absolute Gasteiger partial charge is 0.307 e. The molecule has 1 aliphatic carbocycles. The Morgan fingerprint density at radius 2 is 2.04 bits per heavy atom. The van der Waals surface area contributed by atoms with Gasteiger partial charge in [0.25, 0.3) is 5.92 Å². The second kappa shape index (κ2) is 7.61. The SMILES string of the molecule is O=C(O)Cc1ccccc1OCc1cc(Br)cc(NCC2CC2(F)F)c1. The van der Waals surface area contributed by atoms with E-state index >= 15 is 0 Å². The minimum atomic E-state index is -2.54. The molecule has 0 amide bonds. The lowest BCUT2D eigenvalue weighted by atomic mass is 10.1. The van der Waals surface area contributed by atoms with Crippen LogP contribution in [0.1, 0.15) is 17.5 Å². The van der Waals surface area contributed by atoms with Gasteiger partial charge in [-0.3, -0.25) is 4.79 Å². The fourth-order valence-electron chi connectivity index (χ4n) is 2.68. The Morgan fingerprint density at radius 1 is 1.31 bits per heavy atom. The van der Waals surface area contributed by atoms with Gasteiger partial charge in [-0.25, -0.2) is 8.78 Å². The minimum Gasteiger partial charge on any atom is -0.489 e. The van der Waals surface area contributed by atoms with Crippen molar-refractivity contribution in [3.8, 4) is 5.75 Å². The highest BCUT2D eigenvalue weighted by atomic mass is 79.9. The van der Waals surface area contributed by atoms with Crippen LogP contribution in [0, 0.1) is 5.92 Å². The number of halogens is 3. The zero-order chi connectivity index (χ0) is 18.7. The molecule has 0 radical (unpaired) electrons. The summed E-state index contributed by atoms with van der Waals surface area (Å²) in [5.74, 6) is -3.56. The number of hydrogen-bond donors (Lipinski definition) is 2. The number of nitrogens with one attached hydrogen (secondary N) is 1. The number of ether oxygens (including phenoxy) is 1. The number of alkyl halides is 2. The van der Waals surface area contributed by atoms with Crippen molar-refractivity contribution in [3.05, 3.63) is 58.1 Å². The maximum Gasteiger partial charge on any atom is 0.307 e. The summed E-state index contributed by atoms with van der Waals surface area (Å²) in [5.41, 5.74) is 2.18. The molecule has 1 unspecified atom stereocenters. The van der Waals surface area contributed by atoms with Gasteiger partial charge < -0.3 is 15.2 Å². The van der Waals surface area contributed by atoms with E-state index in [4.69, 9.17) is 9.84 Å². The largest absolute Gasteiger partial charge is 0.489 e. The van der Waals surface area contributed by atoms with E-state index in [-0.39, 0.29) is 26.0 Å². The molecule has 4 nitrogen and oxygen atoms in total. The van der Waals surface area contributed by atoms with Crippen LogP contribution in [0.15, 0.2) is 46.9 Å². The predicted octanol–water partition coefficient (Wildman–Crippen LogP) is 4.72. The third-order valence-electron chi connectivity index (χ3n) is 4.17. The van der Waals surface area contributed by atoms with E-state index in [0.717, 1.165) is 15.7 Å². The van der Waals surface area contributed by atoms with E-state index in [1.165, 1.54) is 0 Å². The molecule has 1 fully saturated rings. The third-order valence-corrected chi connectivity index (χ3v) is 4.63. The Hall–Kier alpha value is -2.15. The molecule has 1 atom stereocenters. The van der Waals surface area contributed by atoms with E-state index in [2.05, 4.69) is 21.2 Å². The van der Waals surface area contributed by atoms with Crippen molar-refractivity contribution in [3.63, 3.8) is 0 Å². The summed E-state index contributed by atoms with van der Waals surface area (Å²) in [6.45, 7) is 0.468. The number of para-hydroxylation sites is 1. The molecule has 0 bridgehead atoms. The zero-order valence-corrected chi connectivity index (χ0v) is 15.4. The van der Waals surface area contributed by atoms with Gasteiger partial charge in [-0.1, -0.05) is 34.1 Å². The molecule has 138 valence electrons. The van der Waals surface area contributed by atoms with Crippen LogP contribution in [0.4, 0.5) is 14.5 Å². The monoisotopic (exact) mass is 425 g/mol. The van der Waals surface area contributed by atoms with Crippen LogP contribution in [-0.4, -0.2) is 23.5 Å². The number of carboxylic acids is 1. The van der Waals surface area contributed by atoms with Crippen molar-refractivity contribution in [1.29, 1.82) is 0 Å². The molecule has 0 aromatic heterocycles. The van der Waals surface area contributed by atoms with Gasteiger partial charge in [0.15, 0.2) is 0 Å². The number of aliphatic carboxylic acids is 1. The number of anilines is 1. The van der Waals surface area contributed by atoms with Crippen LogP contribution >= 0.6 is 15.9 Å². The van der Waals surface area contributed by atoms with Crippen LogP contribution in [0.2, 0.25) is 0 Å². The molecule has 3 rings (SSSR count). The third kappa shape index (κ3) is 4.94. The molecule has 7 heteroatoms. The highest BCUT2D eigenvalue weighted by Gasteiger charge is 2.56. The van der Waals surface area contributed by atoms with Crippen molar-refractivity contribution >= 4 is 27.6 Å². The Kier molecular flexibility index (Phi) is 5.46. The van der Waals surface area contributed by atoms with Gasteiger partial charge in [-0.2, -0.15) is 0 Å². The van der Waals surface area contributed by atoms with Crippen LogP contribution in [0.5, 0.6) is 5.75 Å². The first-order chi connectivity index (χ1) is 12.3. The van der Waals surface area contributed by atoms with Gasteiger partial charge in [0.2, 0.25) is 0 Å². The van der Waals surface area contributed by atoms with Gasteiger partial charge in [-0.05, 0) is 29.8 Å². The van der Waals surface area contributed by atoms with Crippen LogP contribution in [0.25, 0.3) is 0 Å². The zero-order valence-electron chi connectivity index (χ0n) is 13.8. The van der Waals surface area contributed by atoms with Crippen molar-refractivity contribution < 1.29 is 23.4 Å². The topological polar surface area (TPSA) is 58.6 Å². The molecule has 1 aliphatic rings. The summed E-state index contributed by atoms with van der Waals surface area (Å²) in [4.78, 5) is 10.9. The maximum atomic E-state index is 13.0. The summed E-state index contributed by atoms with van der Waals surface area (Å²) >= 11 is 3.41. The fourth-order valence-corrected chi connectivity index (χ4v) is 3.22. The van der Waals surface area contributed by atoms with E-state index in [1.54, 1.807) is 24.3 Å². The molecule has 0 saturated heterocycles. The molecule has 1 saturated carbocycles. The molecule has 26 heavy (non-hydrogen) atoms. The van der Waals surface area contributed by atoms with Gasteiger partial charge in [0, 0.05) is 34.6 Å².